The van der Waals surface area contributed by atoms with Crippen LogP contribution < -0.4 is 29.6 Å². The van der Waals surface area contributed by atoms with Gasteiger partial charge in [0.1, 0.15) is 6.10 Å². The Bertz CT molecular complexity index is 337. The van der Waals surface area contributed by atoms with Crippen molar-refractivity contribution in [2.24, 2.45) is 0 Å². The Morgan fingerprint density at radius 3 is 2.17 bits per heavy atom. The molecule has 1 fully saturated rings. The van der Waals surface area contributed by atoms with E-state index in [-0.39, 0.29) is 49.6 Å². The van der Waals surface area contributed by atoms with Gasteiger partial charge in [-0.05, 0) is 25.7 Å². The van der Waals surface area contributed by atoms with E-state index in [0.717, 1.165) is 19.3 Å². The molecule has 24 heavy (non-hydrogen) atoms. The van der Waals surface area contributed by atoms with E-state index < -0.39 is 5.97 Å². The number of hydrogen-bond donors (Lipinski definition) is 1. The van der Waals surface area contributed by atoms with E-state index in [4.69, 9.17) is 9.84 Å². The van der Waals surface area contributed by atoms with Gasteiger partial charge in [-0.1, -0.05) is 76.9 Å². The van der Waals surface area contributed by atoms with Crippen LogP contribution in [0.1, 0.15) is 98.2 Å². The molecule has 0 aromatic carbocycles. The molecule has 2 atom stereocenters. The van der Waals surface area contributed by atoms with Crippen LogP contribution in [0, 0.1) is 0 Å². The molecule has 3 nitrogen and oxygen atoms in total. The van der Waals surface area contributed by atoms with Crippen LogP contribution in [0.25, 0.3) is 0 Å². The van der Waals surface area contributed by atoms with Crippen LogP contribution in [0.4, 0.5) is 0 Å². The number of epoxide rings is 1. The minimum atomic E-state index is -0.710. The summed E-state index contributed by atoms with van der Waals surface area (Å²) in [6, 6.07) is 0. The Labute approximate surface area is 172 Å². The van der Waals surface area contributed by atoms with Crippen LogP contribution in [-0.4, -0.2) is 23.3 Å². The maximum Gasteiger partial charge on any atom is 1.00 e. The van der Waals surface area contributed by atoms with Crippen molar-refractivity contribution in [2.75, 3.05) is 0 Å². The number of allylic oxidation sites excluding steroid dienone is 1. The van der Waals surface area contributed by atoms with E-state index in [9.17, 15) is 4.79 Å². The van der Waals surface area contributed by atoms with Gasteiger partial charge in [0.05, 0.1) is 6.10 Å². The average molecular weight is 349 g/mol. The fourth-order valence-corrected chi connectivity index (χ4v) is 2.99. The van der Waals surface area contributed by atoms with Gasteiger partial charge in [0, 0.05) is 6.42 Å². The molecule has 4 heteroatoms. The van der Waals surface area contributed by atoms with Crippen molar-refractivity contribution in [1.29, 1.82) is 0 Å². The van der Waals surface area contributed by atoms with Crippen molar-refractivity contribution < 1.29 is 45.6 Å². The van der Waals surface area contributed by atoms with Crippen LogP contribution in [-0.2, 0) is 9.53 Å². The summed E-state index contributed by atoms with van der Waals surface area (Å²) in [6.07, 6.45) is 21.7. The Morgan fingerprint density at radius 2 is 1.58 bits per heavy atom. The second-order valence-corrected chi connectivity index (χ2v) is 6.82. The molecule has 1 aliphatic heterocycles. The van der Waals surface area contributed by atoms with Crippen LogP contribution in [0.2, 0.25) is 0 Å². The quantitative estimate of drug-likeness (QED) is 0.202. The molecule has 2 unspecified atom stereocenters. The zero-order valence-electron chi connectivity index (χ0n) is 17.0. The molecule has 0 amide bonds. The number of ether oxygens (including phenoxy) is 1. The first-order valence-corrected chi connectivity index (χ1v) is 9.78. The SMILES string of the molecule is CCCCCCCCCCCCC=CC1OC1CCCC(=O)O.[H-].[Na+]. The van der Waals surface area contributed by atoms with E-state index in [1.807, 2.05) is 0 Å². The van der Waals surface area contributed by atoms with Gasteiger partial charge >= 0.3 is 35.5 Å². The van der Waals surface area contributed by atoms with Gasteiger partial charge < -0.3 is 11.3 Å². The summed E-state index contributed by atoms with van der Waals surface area (Å²) >= 11 is 0. The van der Waals surface area contributed by atoms with E-state index in [2.05, 4.69) is 19.1 Å². The number of rotatable bonds is 16. The van der Waals surface area contributed by atoms with Crippen LogP contribution in [0.5, 0.6) is 0 Å². The molecule has 0 spiro atoms. The Kier molecular flexibility index (Phi) is 16.7. The summed E-state index contributed by atoms with van der Waals surface area (Å²) < 4.78 is 5.52. The molecule has 1 aliphatic rings. The van der Waals surface area contributed by atoms with E-state index in [0.29, 0.717) is 0 Å². The largest absolute Gasteiger partial charge is 1.00 e. The van der Waals surface area contributed by atoms with Gasteiger partial charge in [0.15, 0.2) is 0 Å². The smallest absolute Gasteiger partial charge is 1.00 e. The summed E-state index contributed by atoms with van der Waals surface area (Å²) in [6.45, 7) is 2.27. The van der Waals surface area contributed by atoms with E-state index in [1.54, 1.807) is 0 Å². The molecule has 0 aliphatic carbocycles. The predicted octanol–water partition coefficient (Wildman–Crippen LogP) is 2.99. The van der Waals surface area contributed by atoms with Crippen LogP contribution >= 0.6 is 0 Å². The molecule has 1 rings (SSSR count). The molecule has 0 radical (unpaired) electrons. The first kappa shape index (κ1) is 24.2. The molecular weight excluding hydrogens is 311 g/mol. The Morgan fingerprint density at radius 1 is 1.00 bits per heavy atom. The third kappa shape index (κ3) is 14.5. The molecule has 136 valence electrons. The average Bonchev–Trinajstić information content (AvgIpc) is 3.26. The normalized spacial score (nSPS) is 19.4. The van der Waals surface area contributed by atoms with Gasteiger partial charge in [0.2, 0.25) is 0 Å². The number of carbonyl (C=O) groups is 1. The van der Waals surface area contributed by atoms with Crippen molar-refractivity contribution in [3.8, 4) is 0 Å². The third-order valence-corrected chi connectivity index (χ3v) is 4.55. The number of aliphatic carboxylic acids is 1. The first-order valence-electron chi connectivity index (χ1n) is 9.78. The minimum Gasteiger partial charge on any atom is -1.00 e. The number of carboxylic acids is 1. The fourth-order valence-electron chi connectivity index (χ4n) is 2.99. The van der Waals surface area contributed by atoms with Gasteiger partial charge in [-0.3, -0.25) is 4.79 Å². The molecule has 1 heterocycles. The number of hydrogen-bond acceptors (Lipinski definition) is 2. The van der Waals surface area contributed by atoms with Gasteiger partial charge in [-0.15, -0.1) is 0 Å². The molecule has 0 aromatic rings. The molecule has 0 bridgehead atoms. The Hall–Kier alpha value is 0.170. The van der Waals surface area contributed by atoms with Crippen LogP contribution in [0.3, 0.4) is 0 Å². The summed E-state index contributed by atoms with van der Waals surface area (Å²) in [7, 11) is 0. The van der Waals surface area contributed by atoms with Crippen LogP contribution in [0.15, 0.2) is 12.2 Å². The molecule has 1 saturated heterocycles. The van der Waals surface area contributed by atoms with E-state index in [1.165, 1.54) is 64.2 Å². The maximum absolute atomic E-state index is 10.4. The zero-order chi connectivity index (χ0) is 16.8. The second-order valence-electron chi connectivity index (χ2n) is 6.82. The van der Waals surface area contributed by atoms with E-state index >= 15 is 0 Å². The molecule has 0 aromatic heterocycles. The van der Waals surface area contributed by atoms with Crippen molar-refractivity contribution in [3.63, 3.8) is 0 Å². The second kappa shape index (κ2) is 16.6. The van der Waals surface area contributed by atoms with Gasteiger partial charge in [0.25, 0.3) is 0 Å². The van der Waals surface area contributed by atoms with Gasteiger partial charge in [-0.2, -0.15) is 0 Å². The third-order valence-electron chi connectivity index (χ3n) is 4.55. The van der Waals surface area contributed by atoms with Crippen molar-refractivity contribution in [1.82, 2.24) is 0 Å². The monoisotopic (exact) mass is 348 g/mol. The fraction of sp³-hybridized carbons (Fsp3) is 0.850. The number of unbranched alkanes of at least 4 members (excludes halogenated alkanes) is 10. The molecule has 1 N–H and O–H groups in total. The minimum absolute atomic E-state index is 0. The van der Waals surface area contributed by atoms with Crippen molar-refractivity contribution >= 4 is 5.97 Å². The summed E-state index contributed by atoms with van der Waals surface area (Å²) in [5, 5.41) is 8.58. The maximum atomic E-state index is 10.4. The number of carboxylic acid groups (broad SMARTS) is 1. The molecule has 0 saturated carbocycles. The van der Waals surface area contributed by atoms with Gasteiger partial charge in [-0.25, -0.2) is 0 Å². The summed E-state index contributed by atoms with van der Waals surface area (Å²) in [5.74, 6) is -0.710. The summed E-state index contributed by atoms with van der Waals surface area (Å²) in [4.78, 5) is 10.4. The Balaban J connectivity index is 0. The van der Waals surface area contributed by atoms with Crippen molar-refractivity contribution in [2.45, 2.75) is 109 Å². The topological polar surface area (TPSA) is 49.8 Å². The standard InChI is InChI=1S/C20H36O3.Na.H/c1-2-3-4-5-6-7-8-9-10-11-12-13-15-18-19(23-18)16-14-17-20(21)22;;/h13,15,18-19H,2-12,14,16-17H2,1H3,(H,21,22);;/q;+1;-1. The van der Waals surface area contributed by atoms with Crippen molar-refractivity contribution in [3.05, 3.63) is 12.2 Å². The molecular formula is C20H37NaO3. The zero-order valence-corrected chi connectivity index (χ0v) is 18.0. The first-order chi connectivity index (χ1) is 11.2. The summed E-state index contributed by atoms with van der Waals surface area (Å²) in [5.41, 5.74) is 0. The predicted molar refractivity (Wildman–Crippen MR) is 96.9 cm³/mol.